The number of urea groups is 1. The molecule has 0 aliphatic heterocycles. The van der Waals surface area contributed by atoms with Crippen molar-refractivity contribution in [2.45, 2.75) is 26.3 Å². The van der Waals surface area contributed by atoms with Gasteiger partial charge >= 0.3 is 12.0 Å². The Balaban J connectivity index is 4.23. The van der Waals surface area contributed by atoms with Crippen LogP contribution in [0.2, 0.25) is 0 Å². The predicted molar refractivity (Wildman–Crippen MR) is 53.1 cm³/mol. The zero-order valence-corrected chi connectivity index (χ0v) is 9.07. The molecule has 0 aromatic carbocycles. The smallest absolute Gasteiger partial charge is 0.317 e. The Hall–Kier alpha value is -1.26. The molecule has 0 aromatic heterocycles. The standard InChI is InChI=1S/C9H18N2O3/c1-6(2)7(5-8(12)13)10-9(14)11(3)4/h6-7H,5H2,1-4H3,(H,10,14)(H,12,13). The van der Waals surface area contributed by atoms with E-state index in [2.05, 4.69) is 5.32 Å². The fourth-order valence-corrected chi connectivity index (χ4v) is 0.929. The summed E-state index contributed by atoms with van der Waals surface area (Å²) < 4.78 is 0. The third kappa shape index (κ3) is 4.69. The van der Waals surface area contributed by atoms with Crippen LogP contribution in [-0.2, 0) is 4.79 Å². The van der Waals surface area contributed by atoms with E-state index >= 15 is 0 Å². The van der Waals surface area contributed by atoms with Gasteiger partial charge in [0.2, 0.25) is 0 Å². The third-order valence-electron chi connectivity index (χ3n) is 1.91. The minimum Gasteiger partial charge on any atom is -0.481 e. The lowest BCUT2D eigenvalue weighted by Gasteiger charge is -2.22. The second kappa shape index (κ2) is 5.47. The largest absolute Gasteiger partial charge is 0.481 e. The van der Waals surface area contributed by atoms with E-state index in [1.165, 1.54) is 4.90 Å². The fourth-order valence-electron chi connectivity index (χ4n) is 0.929. The van der Waals surface area contributed by atoms with Crippen molar-refractivity contribution in [2.75, 3.05) is 14.1 Å². The molecule has 0 saturated heterocycles. The summed E-state index contributed by atoms with van der Waals surface area (Å²) in [6.07, 6.45) is -0.0444. The first-order valence-electron chi connectivity index (χ1n) is 4.54. The highest BCUT2D eigenvalue weighted by Crippen LogP contribution is 2.06. The molecule has 0 bridgehead atoms. The van der Waals surface area contributed by atoms with E-state index in [0.29, 0.717) is 0 Å². The van der Waals surface area contributed by atoms with Crippen LogP contribution in [0.15, 0.2) is 0 Å². The van der Waals surface area contributed by atoms with E-state index in [1.807, 2.05) is 13.8 Å². The van der Waals surface area contributed by atoms with E-state index in [9.17, 15) is 9.59 Å². The Labute approximate surface area is 84.1 Å². The van der Waals surface area contributed by atoms with E-state index in [1.54, 1.807) is 14.1 Å². The van der Waals surface area contributed by atoms with Crippen molar-refractivity contribution in [1.29, 1.82) is 0 Å². The van der Waals surface area contributed by atoms with Crippen LogP contribution in [0.5, 0.6) is 0 Å². The van der Waals surface area contributed by atoms with Gasteiger partial charge in [-0.05, 0) is 5.92 Å². The summed E-state index contributed by atoms with van der Waals surface area (Å²) in [4.78, 5) is 23.1. The first-order chi connectivity index (χ1) is 6.34. The lowest BCUT2D eigenvalue weighted by atomic mass is 10.0. The summed E-state index contributed by atoms with van der Waals surface area (Å²) >= 11 is 0. The summed E-state index contributed by atoms with van der Waals surface area (Å²) in [5.41, 5.74) is 0. The molecule has 14 heavy (non-hydrogen) atoms. The van der Waals surface area contributed by atoms with Gasteiger partial charge in [-0.3, -0.25) is 4.79 Å². The van der Waals surface area contributed by atoms with E-state index in [0.717, 1.165) is 0 Å². The van der Waals surface area contributed by atoms with E-state index < -0.39 is 5.97 Å². The average molecular weight is 202 g/mol. The zero-order valence-electron chi connectivity index (χ0n) is 9.07. The number of carboxylic acids is 1. The molecular weight excluding hydrogens is 184 g/mol. The number of carbonyl (C=O) groups is 2. The minimum atomic E-state index is -0.900. The van der Waals surface area contributed by atoms with Gasteiger partial charge in [0.25, 0.3) is 0 Å². The number of rotatable bonds is 4. The van der Waals surface area contributed by atoms with Gasteiger partial charge in [0, 0.05) is 20.1 Å². The number of hydrogen-bond donors (Lipinski definition) is 2. The summed E-state index contributed by atoms with van der Waals surface area (Å²) in [5, 5.41) is 11.3. The van der Waals surface area contributed by atoms with Crippen LogP contribution in [0.4, 0.5) is 4.79 Å². The molecule has 0 aliphatic carbocycles. The average Bonchev–Trinajstić information content (AvgIpc) is 2.01. The third-order valence-corrected chi connectivity index (χ3v) is 1.91. The van der Waals surface area contributed by atoms with Crippen molar-refractivity contribution in [3.63, 3.8) is 0 Å². The lowest BCUT2D eigenvalue weighted by molar-refractivity contribution is -0.137. The Morgan fingerprint density at radius 1 is 1.36 bits per heavy atom. The van der Waals surface area contributed by atoms with Crippen LogP contribution in [-0.4, -0.2) is 42.1 Å². The second-order valence-corrected chi connectivity index (χ2v) is 3.79. The number of carboxylic acid groups (broad SMARTS) is 1. The molecule has 0 radical (unpaired) electrons. The van der Waals surface area contributed by atoms with E-state index in [4.69, 9.17) is 5.11 Å². The zero-order chi connectivity index (χ0) is 11.3. The van der Waals surface area contributed by atoms with Crippen LogP contribution in [0, 0.1) is 5.92 Å². The molecular formula is C9H18N2O3. The second-order valence-electron chi connectivity index (χ2n) is 3.79. The van der Waals surface area contributed by atoms with Gasteiger partial charge < -0.3 is 15.3 Å². The fraction of sp³-hybridized carbons (Fsp3) is 0.778. The molecule has 2 amide bonds. The molecule has 0 spiro atoms. The number of carbonyl (C=O) groups excluding carboxylic acids is 1. The Bertz CT molecular complexity index is 214. The van der Waals surface area contributed by atoms with Crippen LogP contribution in [0.1, 0.15) is 20.3 Å². The maximum Gasteiger partial charge on any atom is 0.317 e. The van der Waals surface area contributed by atoms with Gasteiger partial charge in [-0.15, -0.1) is 0 Å². The van der Waals surface area contributed by atoms with Gasteiger partial charge in [0.1, 0.15) is 0 Å². The molecule has 5 nitrogen and oxygen atoms in total. The number of nitrogens with zero attached hydrogens (tertiary/aromatic N) is 1. The van der Waals surface area contributed by atoms with Crippen LogP contribution in [0.25, 0.3) is 0 Å². The molecule has 0 rings (SSSR count). The van der Waals surface area contributed by atoms with Gasteiger partial charge in [-0.2, -0.15) is 0 Å². The molecule has 0 aliphatic rings. The van der Waals surface area contributed by atoms with Crippen molar-refractivity contribution in [2.24, 2.45) is 5.92 Å². The van der Waals surface area contributed by atoms with Crippen molar-refractivity contribution in [1.82, 2.24) is 10.2 Å². The molecule has 0 saturated carbocycles. The minimum absolute atomic E-state index is 0.0444. The van der Waals surface area contributed by atoms with Crippen LogP contribution < -0.4 is 5.32 Å². The molecule has 0 aromatic rings. The predicted octanol–water partition coefficient (Wildman–Crippen LogP) is 0.757. The first-order valence-corrected chi connectivity index (χ1v) is 4.54. The van der Waals surface area contributed by atoms with Gasteiger partial charge in [-0.25, -0.2) is 4.79 Å². The molecule has 82 valence electrons. The van der Waals surface area contributed by atoms with E-state index in [-0.39, 0.29) is 24.4 Å². The Kier molecular flexibility index (Phi) is 4.97. The molecule has 5 heteroatoms. The van der Waals surface area contributed by atoms with Crippen molar-refractivity contribution in [3.05, 3.63) is 0 Å². The van der Waals surface area contributed by atoms with Crippen molar-refractivity contribution in [3.8, 4) is 0 Å². The maximum absolute atomic E-state index is 11.3. The lowest BCUT2D eigenvalue weighted by Crippen LogP contribution is -2.44. The first kappa shape index (κ1) is 12.7. The Morgan fingerprint density at radius 2 is 1.86 bits per heavy atom. The normalized spacial score (nSPS) is 12.4. The molecule has 0 fully saturated rings. The number of hydrogen-bond acceptors (Lipinski definition) is 2. The monoisotopic (exact) mass is 202 g/mol. The summed E-state index contributed by atoms with van der Waals surface area (Å²) in [6, 6.07) is -0.577. The molecule has 0 heterocycles. The van der Waals surface area contributed by atoms with Gasteiger partial charge in [-0.1, -0.05) is 13.8 Å². The topological polar surface area (TPSA) is 69.6 Å². The molecule has 2 N–H and O–H groups in total. The summed E-state index contributed by atoms with van der Waals surface area (Å²) in [6.45, 7) is 3.76. The number of aliphatic carboxylic acids is 1. The van der Waals surface area contributed by atoms with Crippen LogP contribution in [0.3, 0.4) is 0 Å². The van der Waals surface area contributed by atoms with Crippen LogP contribution >= 0.6 is 0 Å². The summed E-state index contributed by atoms with van der Waals surface area (Å²) in [5.74, 6) is -0.794. The number of nitrogens with one attached hydrogen (secondary N) is 1. The SMILES string of the molecule is CC(C)C(CC(=O)O)NC(=O)N(C)C. The quantitative estimate of drug-likeness (QED) is 0.707. The Morgan fingerprint density at radius 3 is 2.14 bits per heavy atom. The van der Waals surface area contributed by atoms with Gasteiger partial charge in [0.15, 0.2) is 0 Å². The van der Waals surface area contributed by atoms with Gasteiger partial charge in [0.05, 0.1) is 6.42 Å². The van der Waals surface area contributed by atoms with Crippen molar-refractivity contribution < 1.29 is 14.7 Å². The molecule has 1 unspecified atom stereocenters. The maximum atomic E-state index is 11.3. The number of amides is 2. The molecule has 1 atom stereocenters. The highest BCUT2D eigenvalue weighted by molar-refractivity contribution is 5.75. The highest BCUT2D eigenvalue weighted by atomic mass is 16.4. The van der Waals surface area contributed by atoms with Crippen molar-refractivity contribution >= 4 is 12.0 Å². The highest BCUT2D eigenvalue weighted by Gasteiger charge is 2.19. The summed E-state index contributed by atoms with van der Waals surface area (Å²) in [7, 11) is 3.24.